The third-order valence-corrected chi connectivity index (χ3v) is 3.65. The monoisotopic (exact) mass is 307 g/mol. The number of nitrogens with two attached hydrogens (primary N) is 1. The first kappa shape index (κ1) is 13.3. The molecule has 4 rings (SSSR count). The van der Waals surface area contributed by atoms with Gasteiger partial charge in [0.25, 0.3) is 0 Å². The second-order valence-electron chi connectivity index (χ2n) is 5.04. The van der Waals surface area contributed by atoms with Crippen LogP contribution in [0.15, 0.2) is 42.5 Å². The lowest BCUT2D eigenvalue weighted by Crippen LogP contribution is -2.02. The van der Waals surface area contributed by atoms with Crippen molar-refractivity contribution in [1.82, 2.24) is 19.6 Å². The first-order chi connectivity index (χ1) is 11.2. The van der Waals surface area contributed by atoms with Crippen molar-refractivity contribution < 1.29 is 9.84 Å². The van der Waals surface area contributed by atoms with Gasteiger partial charge in [-0.1, -0.05) is 6.07 Å². The second kappa shape index (κ2) is 4.84. The minimum Gasteiger partial charge on any atom is -0.506 e. The van der Waals surface area contributed by atoms with Crippen molar-refractivity contribution in [2.24, 2.45) is 0 Å². The highest BCUT2D eigenvalue weighted by Gasteiger charge is 2.14. The maximum absolute atomic E-state index is 9.95. The molecule has 0 radical (unpaired) electrons. The van der Waals surface area contributed by atoms with E-state index >= 15 is 0 Å². The summed E-state index contributed by atoms with van der Waals surface area (Å²) in [6.07, 6.45) is 0. The molecule has 7 heteroatoms. The largest absolute Gasteiger partial charge is 0.506 e. The predicted molar refractivity (Wildman–Crippen MR) is 86.4 cm³/mol. The molecule has 0 spiro atoms. The van der Waals surface area contributed by atoms with Gasteiger partial charge in [0.05, 0.1) is 7.11 Å². The molecule has 0 saturated carbocycles. The van der Waals surface area contributed by atoms with Gasteiger partial charge in [-0.15, -0.1) is 5.10 Å². The molecule has 23 heavy (non-hydrogen) atoms. The molecule has 0 fully saturated rings. The van der Waals surface area contributed by atoms with Crippen LogP contribution in [0.1, 0.15) is 0 Å². The Labute approximate surface area is 131 Å². The van der Waals surface area contributed by atoms with Crippen molar-refractivity contribution >= 4 is 22.5 Å². The minimum atomic E-state index is 0.0608. The van der Waals surface area contributed by atoms with E-state index in [2.05, 4.69) is 15.1 Å². The average Bonchev–Trinajstić information content (AvgIpc) is 3.02. The molecule has 0 aliphatic heterocycles. The quantitative estimate of drug-likeness (QED) is 0.589. The molecule has 2 aromatic carbocycles. The van der Waals surface area contributed by atoms with E-state index in [1.54, 1.807) is 19.2 Å². The molecule has 0 saturated heterocycles. The second-order valence-corrected chi connectivity index (χ2v) is 5.04. The lowest BCUT2D eigenvalue weighted by Gasteiger charge is -2.03. The molecular weight excluding hydrogens is 294 g/mol. The number of aromatic nitrogens is 4. The zero-order valence-electron chi connectivity index (χ0n) is 12.3. The summed E-state index contributed by atoms with van der Waals surface area (Å²) >= 11 is 0. The summed E-state index contributed by atoms with van der Waals surface area (Å²) in [6.45, 7) is 0. The van der Waals surface area contributed by atoms with Crippen LogP contribution < -0.4 is 10.5 Å². The number of hydrogen-bond acceptors (Lipinski definition) is 6. The number of hydrogen-bond donors (Lipinski definition) is 2. The highest BCUT2D eigenvalue weighted by Crippen LogP contribution is 2.28. The molecule has 2 aromatic heterocycles. The molecule has 0 amide bonds. The molecule has 0 bridgehead atoms. The molecule has 0 atom stereocenters. The van der Waals surface area contributed by atoms with Crippen LogP contribution in [0.5, 0.6) is 11.5 Å². The number of methoxy groups -OCH3 is 1. The summed E-state index contributed by atoms with van der Waals surface area (Å²) in [5.74, 6) is 1.51. The first-order valence-electron chi connectivity index (χ1n) is 6.96. The number of fused-ring (bicyclic) bond motifs is 3. The van der Waals surface area contributed by atoms with Gasteiger partial charge in [0.2, 0.25) is 5.95 Å². The number of ether oxygens (including phenoxy) is 1. The molecule has 0 aliphatic carbocycles. The van der Waals surface area contributed by atoms with Gasteiger partial charge >= 0.3 is 0 Å². The zero-order valence-corrected chi connectivity index (χ0v) is 12.3. The van der Waals surface area contributed by atoms with Crippen LogP contribution in [0.2, 0.25) is 0 Å². The van der Waals surface area contributed by atoms with Crippen LogP contribution in [-0.4, -0.2) is 31.8 Å². The Bertz CT molecular complexity index is 1020. The fraction of sp³-hybridized carbons (Fsp3) is 0.0625. The lowest BCUT2D eigenvalue weighted by atomic mass is 10.2. The summed E-state index contributed by atoms with van der Waals surface area (Å²) in [6, 6.07) is 12.5. The Morgan fingerprint density at radius 3 is 2.61 bits per heavy atom. The minimum absolute atomic E-state index is 0.0608. The van der Waals surface area contributed by atoms with Crippen LogP contribution in [-0.2, 0) is 0 Å². The van der Waals surface area contributed by atoms with Crippen LogP contribution in [0.4, 0.5) is 5.95 Å². The van der Waals surface area contributed by atoms with Gasteiger partial charge in [-0.25, -0.2) is 9.97 Å². The summed E-state index contributed by atoms with van der Waals surface area (Å²) in [5, 5.41) is 15.0. The highest BCUT2D eigenvalue weighted by molar-refractivity contribution is 5.96. The van der Waals surface area contributed by atoms with E-state index in [1.807, 2.05) is 30.3 Å². The van der Waals surface area contributed by atoms with Gasteiger partial charge in [-0.2, -0.15) is 4.52 Å². The van der Waals surface area contributed by atoms with Crippen molar-refractivity contribution in [2.75, 3.05) is 12.8 Å². The standard InChI is InChI=1S/C16H13N5O2/c1-23-10-7-5-9(6-8-10)14-19-15-11-3-2-4-12(22)13(11)18-16(17)21(15)20-14/h2-8,22H,1H3,(H2,17,18). The summed E-state index contributed by atoms with van der Waals surface area (Å²) < 4.78 is 6.62. The maximum Gasteiger partial charge on any atom is 0.223 e. The molecule has 4 aromatic rings. The highest BCUT2D eigenvalue weighted by atomic mass is 16.5. The lowest BCUT2D eigenvalue weighted by molar-refractivity contribution is 0.415. The Balaban J connectivity index is 1.98. The first-order valence-corrected chi connectivity index (χ1v) is 6.96. The number of phenols is 1. The van der Waals surface area contributed by atoms with Crippen molar-refractivity contribution in [2.45, 2.75) is 0 Å². The number of benzene rings is 2. The van der Waals surface area contributed by atoms with E-state index in [4.69, 9.17) is 10.5 Å². The topological polar surface area (TPSA) is 98.6 Å². The molecule has 0 aliphatic rings. The predicted octanol–water partition coefficient (Wildman–Crippen LogP) is 2.24. The van der Waals surface area contributed by atoms with Crippen molar-refractivity contribution in [3.8, 4) is 22.9 Å². The van der Waals surface area contributed by atoms with E-state index in [0.29, 0.717) is 22.4 Å². The molecule has 0 unspecified atom stereocenters. The summed E-state index contributed by atoms with van der Waals surface area (Å²) in [4.78, 5) is 8.75. The Morgan fingerprint density at radius 2 is 1.87 bits per heavy atom. The number of anilines is 1. The zero-order chi connectivity index (χ0) is 16.0. The van der Waals surface area contributed by atoms with Crippen LogP contribution >= 0.6 is 0 Å². The fourth-order valence-electron chi connectivity index (χ4n) is 2.50. The van der Waals surface area contributed by atoms with Gasteiger partial charge in [-0.05, 0) is 36.4 Å². The molecule has 7 nitrogen and oxygen atoms in total. The Hall–Kier alpha value is -3.35. The number of para-hydroxylation sites is 1. The molecule has 3 N–H and O–H groups in total. The number of aromatic hydroxyl groups is 1. The van der Waals surface area contributed by atoms with Crippen LogP contribution in [0, 0.1) is 0 Å². The number of rotatable bonds is 2. The SMILES string of the molecule is COc1ccc(-c2nc3c4cccc(O)c4nc(N)n3n2)cc1. The van der Waals surface area contributed by atoms with Gasteiger partial charge in [0.15, 0.2) is 11.5 Å². The molecule has 114 valence electrons. The van der Waals surface area contributed by atoms with E-state index < -0.39 is 0 Å². The van der Waals surface area contributed by atoms with Crippen molar-refractivity contribution in [3.63, 3.8) is 0 Å². The Morgan fingerprint density at radius 1 is 1.09 bits per heavy atom. The molecule has 2 heterocycles. The van der Waals surface area contributed by atoms with Gasteiger partial charge in [0.1, 0.15) is 17.0 Å². The smallest absolute Gasteiger partial charge is 0.223 e. The van der Waals surface area contributed by atoms with E-state index in [-0.39, 0.29) is 11.7 Å². The fourth-order valence-corrected chi connectivity index (χ4v) is 2.50. The van der Waals surface area contributed by atoms with Gasteiger partial charge in [-0.3, -0.25) is 0 Å². The Kier molecular flexibility index (Phi) is 2.80. The van der Waals surface area contributed by atoms with E-state index in [9.17, 15) is 5.11 Å². The van der Waals surface area contributed by atoms with E-state index in [0.717, 1.165) is 11.3 Å². The van der Waals surface area contributed by atoms with Crippen LogP contribution in [0.25, 0.3) is 27.9 Å². The number of phenolic OH excluding ortho intramolecular Hbond substituents is 1. The number of nitrogens with zero attached hydrogens (tertiary/aromatic N) is 4. The average molecular weight is 307 g/mol. The van der Waals surface area contributed by atoms with Crippen LogP contribution in [0.3, 0.4) is 0 Å². The number of nitrogen functional groups attached to an aromatic ring is 1. The molecular formula is C16H13N5O2. The van der Waals surface area contributed by atoms with Gasteiger partial charge in [0, 0.05) is 10.9 Å². The third-order valence-electron chi connectivity index (χ3n) is 3.65. The normalized spacial score (nSPS) is 11.2. The third kappa shape index (κ3) is 2.02. The summed E-state index contributed by atoms with van der Waals surface area (Å²) in [5.41, 5.74) is 7.74. The maximum atomic E-state index is 9.95. The van der Waals surface area contributed by atoms with E-state index in [1.165, 1.54) is 4.52 Å². The van der Waals surface area contributed by atoms with Gasteiger partial charge < -0.3 is 15.6 Å². The van der Waals surface area contributed by atoms with Crippen molar-refractivity contribution in [1.29, 1.82) is 0 Å². The summed E-state index contributed by atoms with van der Waals surface area (Å²) in [7, 11) is 1.61. The van der Waals surface area contributed by atoms with Crippen molar-refractivity contribution in [3.05, 3.63) is 42.5 Å².